The normalized spacial score (nSPS) is 33.1. The zero-order valence-corrected chi connectivity index (χ0v) is 48.8. The number of hydrogen-bond acceptors (Lipinski definition) is 6. The molecule has 6 bridgehead atoms. The van der Waals surface area contributed by atoms with Crippen LogP contribution >= 0.6 is 0 Å². The van der Waals surface area contributed by atoms with Gasteiger partial charge in [-0.1, -0.05) is 132 Å². The number of rotatable bonds is 12. The summed E-state index contributed by atoms with van der Waals surface area (Å²) in [4.78, 5) is 7.96. The van der Waals surface area contributed by atoms with Crippen molar-refractivity contribution in [1.29, 1.82) is 0 Å². The van der Waals surface area contributed by atoms with E-state index in [1.165, 1.54) is 223 Å². The lowest BCUT2D eigenvalue weighted by molar-refractivity contribution is -0.117. The first-order chi connectivity index (χ1) is 36.3. The summed E-state index contributed by atoms with van der Waals surface area (Å²) in [5.74, 6) is 4.57. The first-order valence-electron chi connectivity index (χ1n) is 32.8. The molecule has 0 spiro atoms. The van der Waals surface area contributed by atoms with E-state index in [0.717, 1.165) is 66.4 Å². The maximum atomic E-state index is 12.2. The van der Waals surface area contributed by atoms with Gasteiger partial charge in [0.2, 0.25) is 0 Å². The minimum Gasteiger partial charge on any atom is -0.389 e. The molecule has 0 amide bonds. The second kappa shape index (κ2) is 25.3. The summed E-state index contributed by atoms with van der Waals surface area (Å²) >= 11 is 0. The van der Waals surface area contributed by atoms with E-state index in [1.807, 2.05) is 0 Å². The Hall–Kier alpha value is -1.80. The Labute approximate surface area is 459 Å². The van der Waals surface area contributed by atoms with Gasteiger partial charge in [-0.05, 0) is 246 Å². The minimum absolute atomic E-state index is 0.318. The van der Waals surface area contributed by atoms with Crippen LogP contribution < -0.4 is 0 Å². The predicted molar refractivity (Wildman–Crippen MR) is 312 cm³/mol. The Kier molecular flexibility index (Phi) is 19.1. The highest BCUT2D eigenvalue weighted by molar-refractivity contribution is 5.44. The summed E-state index contributed by atoms with van der Waals surface area (Å²) < 4.78 is 0. The van der Waals surface area contributed by atoms with Crippen LogP contribution in [0.1, 0.15) is 253 Å². The van der Waals surface area contributed by atoms with Gasteiger partial charge >= 0.3 is 0 Å². The maximum absolute atomic E-state index is 12.2. The molecule has 10 fully saturated rings. The van der Waals surface area contributed by atoms with Gasteiger partial charge in [0.15, 0.2) is 0 Å². The average Bonchev–Trinajstić information content (AvgIpc) is 4.17. The summed E-state index contributed by atoms with van der Waals surface area (Å²) in [6.07, 6.45) is 47.4. The third kappa shape index (κ3) is 12.7. The van der Waals surface area contributed by atoms with Crippen molar-refractivity contribution < 1.29 is 15.3 Å². The van der Waals surface area contributed by atoms with E-state index in [0.29, 0.717) is 41.7 Å². The molecule has 4 saturated carbocycles. The lowest BCUT2D eigenvalue weighted by atomic mass is 9.61. The van der Waals surface area contributed by atoms with Crippen LogP contribution in [0, 0.1) is 55.3 Å². The highest BCUT2D eigenvalue weighted by Gasteiger charge is 2.50. The summed E-state index contributed by atoms with van der Waals surface area (Å²) in [5.41, 5.74) is 2.93. The zero-order chi connectivity index (χ0) is 52.2. The van der Waals surface area contributed by atoms with Gasteiger partial charge < -0.3 is 30.0 Å². The zero-order valence-electron chi connectivity index (χ0n) is 48.8. The van der Waals surface area contributed by atoms with Crippen LogP contribution in [0.25, 0.3) is 0 Å². The maximum Gasteiger partial charge on any atom is 0.115 e. The molecule has 6 atom stereocenters. The van der Waals surface area contributed by atoms with Crippen molar-refractivity contribution in [2.24, 2.45) is 41.4 Å². The van der Waals surface area contributed by atoms with E-state index in [2.05, 4.69) is 98.2 Å². The van der Waals surface area contributed by atoms with Crippen molar-refractivity contribution in [3.8, 4) is 0 Å². The van der Waals surface area contributed by atoms with Gasteiger partial charge in [-0.25, -0.2) is 0 Å². The molecular weight excluding hydrogens is 919 g/mol. The van der Waals surface area contributed by atoms with Crippen molar-refractivity contribution >= 4 is 0 Å². The number of hydrogen-bond donors (Lipinski definition) is 3. The molecule has 12 rings (SSSR count). The second-order valence-electron chi connectivity index (χ2n) is 28.4. The fraction of sp³-hybridized carbons (Fsp3) is 0.826. The third-order valence-corrected chi connectivity index (χ3v) is 24.1. The third-order valence-electron chi connectivity index (χ3n) is 24.1. The number of nitrogens with zero attached hydrogens (tertiary/aromatic N) is 3. The molecule has 75 heavy (non-hydrogen) atoms. The van der Waals surface area contributed by atoms with Crippen molar-refractivity contribution in [3.63, 3.8) is 0 Å². The fourth-order valence-corrected chi connectivity index (χ4v) is 19.9. The fourth-order valence-electron chi connectivity index (χ4n) is 19.9. The highest BCUT2D eigenvalue weighted by Crippen LogP contribution is 2.52. The quantitative estimate of drug-likeness (QED) is 0.197. The van der Waals surface area contributed by atoms with Gasteiger partial charge in [0.05, 0.1) is 11.2 Å². The molecule has 6 aliphatic heterocycles. The molecule has 0 radical (unpaired) electrons. The Morgan fingerprint density at radius 1 is 0.347 bits per heavy atom. The summed E-state index contributed by atoms with van der Waals surface area (Å²) in [6.45, 7) is 4.25. The van der Waals surface area contributed by atoms with Gasteiger partial charge in [0, 0.05) is 36.3 Å². The SMILES string of the molecule is CN1C2CCCC1CC(CC(O)(C1CCCC1)C1CCCC1)C2.CN1C2CCCC1CC(CC(O)(C1CCCCC1)C1CCCCC1)C2.Cc1ccccc1C(O)(CC1CC2CCCC(C1)N2C)c1ccccc1C. The first-order valence-corrected chi connectivity index (χ1v) is 32.8. The average molecular weight is 1030 g/mol. The minimum atomic E-state index is -0.911. The standard InChI is InChI=1S/C25H33NO.C23H41NO.C21H37NO/c1-18-9-4-6-13-23(18)25(27,24-14-7-5-10-19(24)2)17-20-15-21-11-8-12-22(16-20)26(21)3;1-24-21-13-8-14-22(24)16-18(15-21)17-23(25,19-9-4-2-5-10-19)20-11-6-3-7-12-20;1-22-19-11-6-12-20(22)14-16(13-19)15-21(23,17-7-2-3-8-17)18-9-4-5-10-18/h4-7,9-10,13-14,20-22,27H,8,11-12,15-17H2,1-3H3;18-22,25H,2-17H2,1H3;16-20,23H,2-15H2,1H3. The topological polar surface area (TPSA) is 70.4 Å². The Morgan fingerprint density at radius 3 is 0.880 bits per heavy atom. The number of piperidine rings is 6. The van der Waals surface area contributed by atoms with Crippen molar-refractivity contribution in [3.05, 3.63) is 70.8 Å². The predicted octanol–water partition coefficient (Wildman–Crippen LogP) is 15.5. The molecule has 0 aromatic heterocycles. The monoisotopic (exact) mass is 1030 g/mol. The Bertz CT molecular complexity index is 1940. The molecule has 6 heteroatoms. The summed E-state index contributed by atoms with van der Waals surface area (Å²) in [7, 11) is 7.02. The lowest BCUT2D eigenvalue weighted by Crippen LogP contribution is -2.53. The van der Waals surface area contributed by atoms with Gasteiger partial charge in [-0.2, -0.15) is 0 Å². The van der Waals surface area contributed by atoms with E-state index < -0.39 is 5.60 Å². The van der Waals surface area contributed by atoms with Crippen LogP contribution in [-0.4, -0.2) is 98.6 Å². The molecule has 2 aromatic rings. The van der Waals surface area contributed by atoms with Gasteiger partial charge in [-0.15, -0.1) is 0 Å². The van der Waals surface area contributed by atoms with Crippen LogP contribution in [0.3, 0.4) is 0 Å². The van der Waals surface area contributed by atoms with Gasteiger partial charge in [0.1, 0.15) is 5.60 Å². The molecule has 6 heterocycles. The number of benzene rings is 2. The van der Waals surface area contributed by atoms with Crippen LogP contribution in [0.4, 0.5) is 0 Å². The molecule has 6 nitrogen and oxygen atoms in total. The Balaban J connectivity index is 0.000000129. The molecular formula is C69H111N3O3. The van der Waals surface area contributed by atoms with Crippen molar-refractivity contribution in [1.82, 2.24) is 14.7 Å². The highest BCUT2D eigenvalue weighted by atomic mass is 16.3. The van der Waals surface area contributed by atoms with Crippen molar-refractivity contribution in [2.45, 2.75) is 298 Å². The van der Waals surface area contributed by atoms with Gasteiger partial charge in [-0.3, -0.25) is 0 Å². The smallest absolute Gasteiger partial charge is 0.115 e. The molecule has 10 aliphatic rings. The molecule has 2 aromatic carbocycles. The molecule has 3 N–H and O–H groups in total. The van der Waals surface area contributed by atoms with E-state index in [4.69, 9.17) is 0 Å². The lowest BCUT2D eigenvalue weighted by Gasteiger charge is -2.51. The first kappa shape index (κ1) is 56.5. The van der Waals surface area contributed by atoms with Crippen LogP contribution in [-0.2, 0) is 5.60 Å². The van der Waals surface area contributed by atoms with E-state index in [1.54, 1.807) is 0 Å². The van der Waals surface area contributed by atoms with E-state index in [-0.39, 0.29) is 11.2 Å². The van der Waals surface area contributed by atoms with Crippen LogP contribution in [0.15, 0.2) is 48.5 Å². The van der Waals surface area contributed by atoms with Crippen LogP contribution in [0.5, 0.6) is 0 Å². The number of aliphatic hydroxyl groups is 3. The molecule has 6 saturated heterocycles. The Morgan fingerprint density at radius 2 is 0.600 bits per heavy atom. The summed E-state index contributed by atoms with van der Waals surface area (Å²) in [6, 6.07) is 21.4. The number of aryl methyl sites for hydroxylation is 2. The van der Waals surface area contributed by atoms with E-state index >= 15 is 0 Å². The second-order valence-corrected chi connectivity index (χ2v) is 28.4. The van der Waals surface area contributed by atoms with Gasteiger partial charge in [0.25, 0.3) is 0 Å². The summed E-state index contributed by atoms with van der Waals surface area (Å²) in [5, 5.41) is 36.2. The molecule has 6 unspecified atom stereocenters. The van der Waals surface area contributed by atoms with Crippen LogP contribution in [0.2, 0.25) is 0 Å². The van der Waals surface area contributed by atoms with Crippen molar-refractivity contribution in [2.75, 3.05) is 21.1 Å². The largest absolute Gasteiger partial charge is 0.389 e. The van der Waals surface area contributed by atoms with E-state index in [9.17, 15) is 15.3 Å². The number of fused-ring (bicyclic) bond motifs is 6. The molecule has 420 valence electrons. The molecule has 4 aliphatic carbocycles.